The quantitative estimate of drug-likeness (QED) is 0.181. The van der Waals surface area contributed by atoms with Crippen molar-refractivity contribution < 1.29 is 31.7 Å². The Labute approximate surface area is 251 Å². The number of nitrogens with two attached hydrogens (primary N) is 1. The van der Waals surface area contributed by atoms with Gasteiger partial charge in [0.25, 0.3) is 0 Å². The fourth-order valence-electron chi connectivity index (χ4n) is 5.46. The summed E-state index contributed by atoms with van der Waals surface area (Å²) in [7, 11) is -4.07. The average molecular weight is 600 g/mol. The van der Waals surface area contributed by atoms with Crippen LogP contribution in [0.5, 0.6) is 5.75 Å². The molecule has 222 valence electrons. The second kappa shape index (κ2) is 12.8. The van der Waals surface area contributed by atoms with E-state index in [0.29, 0.717) is 5.56 Å². The maximum Gasteiger partial charge on any atom is 0.339 e. The number of rotatable bonds is 11. The number of aryl methyl sites for hydroxylation is 1. The van der Waals surface area contributed by atoms with Gasteiger partial charge < -0.3 is 19.4 Å². The van der Waals surface area contributed by atoms with Gasteiger partial charge in [0.2, 0.25) is 0 Å². The van der Waals surface area contributed by atoms with Crippen molar-refractivity contribution >= 4 is 22.1 Å². The monoisotopic (exact) mass is 599 g/mol. The van der Waals surface area contributed by atoms with Crippen LogP contribution in [0.2, 0.25) is 0 Å². The molecule has 4 aromatic rings. The highest BCUT2D eigenvalue weighted by Crippen LogP contribution is 2.44. The number of carbonyl (C=O) groups is 2. The molecule has 0 bridgehead atoms. The molecule has 9 heteroatoms. The normalized spacial score (nSPS) is 13.8. The van der Waals surface area contributed by atoms with Gasteiger partial charge in [-0.1, -0.05) is 78.4 Å². The third kappa shape index (κ3) is 6.33. The van der Waals surface area contributed by atoms with Crippen molar-refractivity contribution in [3.05, 3.63) is 119 Å². The molecule has 2 unspecified atom stereocenters. The SMILES string of the molecule is CCOC(=O)C(CN)C(C(=O)OCC1c2ccccc2-c2ccccc21)c1ccc(OS(=O)(=O)c2ccc(C)cc2)cc1. The summed E-state index contributed by atoms with van der Waals surface area (Å²) in [5.74, 6) is -3.47. The zero-order valence-corrected chi connectivity index (χ0v) is 24.8. The van der Waals surface area contributed by atoms with Crippen molar-refractivity contribution in [3.8, 4) is 16.9 Å². The van der Waals surface area contributed by atoms with Crippen molar-refractivity contribution in [2.24, 2.45) is 11.7 Å². The number of hydrogen-bond donors (Lipinski definition) is 1. The van der Waals surface area contributed by atoms with E-state index in [9.17, 15) is 18.0 Å². The van der Waals surface area contributed by atoms with Gasteiger partial charge in [-0.2, -0.15) is 8.42 Å². The maximum atomic E-state index is 13.7. The molecule has 4 aromatic carbocycles. The van der Waals surface area contributed by atoms with Gasteiger partial charge in [0.05, 0.1) is 18.4 Å². The van der Waals surface area contributed by atoms with E-state index >= 15 is 0 Å². The predicted octanol–water partition coefficient (Wildman–Crippen LogP) is 5.34. The minimum absolute atomic E-state index is 0.0178. The van der Waals surface area contributed by atoms with E-state index < -0.39 is 33.9 Å². The Morgan fingerprint density at radius 2 is 1.37 bits per heavy atom. The summed E-state index contributed by atoms with van der Waals surface area (Å²) < 4.78 is 42.0. The lowest BCUT2D eigenvalue weighted by Gasteiger charge is -2.25. The summed E-state index contributed by atoms with van der Waals surface area (Å²) in [6.07, 6.45) is 0. The van der Waals surface area contributed by atoms with Crippen LogP contribution in [0.3, 0.4) is 0 Å². The number of ether oxygens (including phenoxy) is 2. The lowest BCUT2D eigenvalue weighted by molar-refractivity contribution is -0.156. The van der Waals surface area contributed by atoms with E-state index in [0.717, 1.165) is 27.8 Å². The highest BCUT2D eigenvalue weighted by Gasteiger charge is 2.38. The molecule has 8 nitrogen and oxygen atoms in total. The summed E-state index contributed by atoms with van der Waals surface area (Å²) in [6.45, 7) is 3.56. The maximum absolute atomic E-state index is 13.7. The van der Waals surface area contributed by atoms with Gasteiger partial charge >= 0.3 is 22.1 Å². The molecular formula is C34H33NO7S. The first kappa shape index (κ1) is 30.0. The van der Waals surface area contributed by atoms with Gasteiger partial charge in [-0.05, 0) is 65.9 Å². The summed E-state index contributed by atoms with van der Waals surface area (Å²) in [4.78, 5) is 26.7. The second-order valence-corrected chi connectivity index (χ2v) is 11.9. The van der Waals surface area contributed by atoms with Gasteiger partial charge in [0.15, 0.2) is 0 Å². The molecule has 43 heavy (non-hydrogen) atoms. The third-order valence-electron chi connectivity index (χ3n) is 7.61. The molecular weight excluding hydrogens is 566 g/mol. The van der Waals surface area contributed by atoms with E-state index in [1.807, 2.05) is 55.5 Å². The van der Waals surface area contributed by atoms with Crippen molar-refractivity contribution in [2.45, 2.75) is 30.6 Å². The molecule has 0 saturated heterocycles. The molecule has 5 rings (SSSR count). The van der Waals surface area contributed by atoms with Crippen LogP contribution >= 0.6 is 0 Å². The van der Waals surface area contributed by atoms with Crippen LogP contribution in [0.4, 0.5) is 0 Å². The van der Waals surface area contributed by atoms with Crippen LogP contribution in [0.25, 0.3) is 11.1 Å². The number of esters is 2. The number of benzene rings is 4. The minimum atomic E-state index is -4.07. The standard InChI is InChI=1S/C34H33NO7S/c1-3-40-33(36)30(20-35)32(23-14-16-24(17-15-23)42-43(38,39)25-18-12-22(2)13-19-25)34(37)41-21-31-28-10-6-4-8-26(28)27-9-5-7-11-29(27)31/h4-19,30-32H,3,20-21,35H2,1-2H3. The van der Waals surface area contributed by atoms with Crippen LogP contribution in [-0.2, 0) is 29.2 Å². The smallest absolute Gasteiger partial charge is 0.339 e. The van der Waals surface area contributed by atoms with Crippen LogP contribution in [0, 0.1) is 12.8 Å². The topological polar surface area (TPSA) is 122 Å². The van der Waals surface area contributed by atoms with E-state index in [4.69, 9.17) is 19.4 Å². The van der Waals surface area contributed by atoms with Gasteiger partial charge in [-0.15, -0.1) is 0 Å². The predicted molar refractivity (Wildman–Crippen MR) is 162 cm³/mol. The molecule has 0 aliphatic heterocycles. The summed E-state index contributed by atoms with van der Waals surface area (Å²) in [5.41, 5.74) is 11.6. The van der Waals surface area contributed by atoms with Crippen molar-refractivity contribution in [1.82, 2.24) is 0 Å². The number of fused-ring (bicyclic) bond motifs is 3. The molecule has 0 radical (unpaired) electrons. The molecule has 2 N–H and O–H groups in total. The Morgan fingerprint density at radius 1 is 0.791 bits per heavy atom. The van der Waals surface area contributed by atoms with E-state index in [1.165, 1.54) is 36.4 Å². The Morgan fingerprint density at radius 3 is 1.93 bits per heavy atom. The Kier molecular flexibility index (Phi) is 8.94. The second-order valence-electron chi connectivity index (χ2n) is 10.3. The van der Waals surface area contributed by atoms with Crippen molar-refractivity contribution in [2.75, 3.05) is 19.8 Å². The Balaban J connectivity index is 1.39. The zero-order valence-electron chi connectivity index (χ0n) is 23.9. The zero-order chi connectivity index (χ0) is 30.6. The molecule has 0 fully saturated rings. The molecule has 0 amide bonds. The van der Waals surface area contributed by atoms with Crippen LogP contribution < -0.4 is 9.92 Å². The molecule has 0 saturated carbocycles. The highest BCUT2D eigenvalue weighted by atomic mass is 32.2. The van der Waals surface area contributed by atoms with Gasteiger partial charge in [0, 0.05) is 12.5 Å². The van der Waals surface area contributed by atoms with Crippen LogP contribution in [0.15, 0.2) is 102 Å². The van der Waals surface area contributed by atoms with Crippen molar-refractivity contribution in [1.29, 1.82) is 0 Å². The number of hydrogen-bond acceptors (Lipinski definition) is 8. The lowest BCUT2D eigenvalue weighted by atomic mass is 9.85. The Bertz CT molecular complexity index is 1670. The minimum Gasteiger partial charge on any atom is -0.466 e. The first-order valence-corrected chi connectivity index (χ1v) is 15.5. The van der Waals surface area contributed by atoms with Crippen molar-refractivity contribution in [3.63, 3.8) is 0 Å². The van der Waals surface area contributed by atoms with Crippen LogP contribution in [-0.4, -0.2) is 40.1 Å². The fourth-order valence-corrected chi connectivity index (χ4v) is 6.39. The third-order valence-corrected chi connectivity index (χ3v) is 8.87. The lowest BCUT2D eigenvalue weighted by Crippen LogP contribution is -2.36. The first-order valence-electron chi connectivity index (χ1n) is 14.1. The molecule has 0 aromatic heterocycles. The molecule has 1 aliphatic rings. The van der Waals surface area contributed by atoms with Gasteiger partial charge in [-0.25, -0.2) is 0 Å². The average Bonchev–Trinajstić information content (AvgIpc) is 3.33. The molecule has 1 aliphatic carbocycles. The molecule has 0 heterocycles. The summed E-state index contributed by atoms with van der Waals surface area (Å²) in [6, 6.07) is 28.2. The molecule has 0 spiro atoms. The largest absolute Gasteiger partial charge is 0.466 e. The Hall–Kier alpha value is -4.47. The highest BCUT2D eigenvalue weighted by molar-refractivity contribution is 7.87. The van der Waals surface area contributed by atoms with Crippen LogP contribution in [0.1, 0.15) is 41.0 Å². The van der Waals surface area contributed by atoms with E-state index in [2.05, 4.69) is 0 Å². The summed E-state index contributed by atoms with van der Waals surface area (Å²) >= 11 is 0. The number of carbonyl (C=O) groups excluding carboxylic acids is 2. The van der Waals surface area contributed by atoms with Gasteiger partial charge in [0.1, 0.15) is 17.3 Å². The molecule has 2 atom stereocenters. The van der Waals surface area contributed by atoms with E-state index in [1.54, 1.807) is 19.1 Å². The first-order chi connectivity index (χ1) is 20.7. The summed E-state index contributed by atoms with van der Waals surface area (Å²) in [5, 5.41) is 0. The van der Waals surface area contributed by atoms with E-state index in [-0.39, 0.29) is 36.3 Å². The fraction of sp³-hybridized carbons (Fsp3) is 0.235. The van der Waals surface area contributed by atoms with Gasteiger partial charge in [-0.3, -0.25) is 9.59 Å².